The molecule has 25 heavy (non-hydrogen) atoms. The van der Waals surface area contributed by atoms with Crippen molar-refractivity contribution in [3.8, 4) is 0 Å². The van der Waals surface area contributed by atoms with Crippen LogP contribution in [0.4, 0.5) is 10.3 Å². The first kappa shape index (κ1) is 17.2. The molecule has 0 radical (unpaired) electrons. The van der Waals surface area contributed by atoms with Crippen molar-refractivity contribution in [2.45, 2.75) is 19.3 Å². The minimum absolute atomic E-state index is 0.192. The molecule has 0 bridgehead atoms. The molecule has 2 aromatic heterocycles. The lowest BCUT2D eigenvalue weighted by Crippen LogP contribution is -2.36. The Labute approximate surface area is 156 Å². The smallest absolute Gasteiger partial charge is 0.185 e. The van der Waals surface area contributed by atoms with Gasteiger partial charge in [0.25, 0.3) is 0 Å². The molecule has 2 fully saturated rings. The van der Waals surface area contributed by atoms with Gasteiger partial charge in [-0.05, 0) is 13.8 Å². The molecule has 2 saturated heterocycles. The van der Waals surface area contributed by atoms with Crippen molar-refractivity contribution in [3.05, 3.63) is 22.1 Å². The third kappa shape index (κ3) is 3.53. The van der Waals surface area contributed by atoms with E-state index < -0.39 is 0 Å². The average Bonchev–Trinajstić information content (AvgIpc) is 3.34. The molecule has 8 heteroatoms. The molecule has 2 aliphatic rings. The highest BCUT2D eigenvalue weighted by molar-refractivity contribution is 7.14. The lowest BCUT2D eigenvalue weighted by Gasteiger charge is -2.27. The Morgan fingerprint density at radius 2 is 1.20 bits per heavy atom. The highest BCUT2D eigenvalue weighted by Gasteiger charge is 2.30. The van der Waals surface area contributed by atoms with Gasteiger partial charge in [0, 0.05) is 36.9 Å². The summed E-state index contributed by atoms with van der Waals surface area (Å²) in [5.41, 5.74) is 2.00. The van der Waals surface area contributed by atoms with Crippen molar-refractivity contribution < 1.29 is 9.47 Å². The second-order valence-electron chi connectivity index (χ2n) is 6.85. The fourth-order valence-electron chi connectivity index (χ4n) is 3.03. The quantitative estimate of drug-likeness (QED) is 0.813. The van der Waals surface area contributed by atoms with Crippen LogP contribution in [0, 0.1) is 0 Å². The van der Waals surface area contributed by atoms with Gasteiger partial charge in [-0.25, -0.2) is 9.97 Å². The van der Waals surface area contributed by atoms with Crippen LogP contribution in [-0.4, -0.2) is 62.6 Å². The average molecular weight is 381 g/mol. The van der Waals surface area contributed by atoms with Gasteiger partial charge in [-0.1, -0.05) is 0 Å². The number of ether oxygens (including phenoxy) is 2. The van der Waals surface area contributed by atoms with Crippen LogP contribution in [0.25, 0.3) is 0 Å². The van der Waals surface area contributed by atoms with Crippen LogP contribution in [0.5, 0.6) is 0 Å². The summed E-state index contributed by atoms with van der Waals surface area (Å²) in [7, 11) is 0. The van der Waals surface area contributed by atoms with Crippen molar-refractivity contribution in [2.24, 2.45) is 0 Å². The molecular weight excluding hydrogens is 356 g/mol. The summed E-state index contributed by atoms with van der Waals surface area (Å²) in [5.74, 6) is 0. The maximum Gasteiger partial charge on any atom is 0.185 e. The number of nitrogens with zero attached hydrogens (tertiary/aromatic N) is 4. The van der Waals surface area contributed by atoms with Crippen molar-refractivity contribution in [3.63, 3.8) is 0 Å². The SMILES string of the molecule is CC(C)(c1csc(N2CCOCC2)n1)c1csc(N2CCOCC2)n1. The summed E-state index contributed by atoms with van der Waals surface area (Å²) < 4.78 is 10.9. The van der Waals surface area contributed by atoms with Gasteiger partial charge >= 0.3 is 0 Å². The summed E-state index contributed by atoms with van der Waals surface area (Å²) in [4.78, 5) is 14.5. The minimum atomic E-state index is -0.192. The van der Waals surface area contributed by atoms with Crippen molar-refractivity contribution in [1.29, 1.82) is 0 Å². The molecule has 0 saturated carbocycles. The summed E-state index contributed by atoms with van der Waals surface area (Å²) in [5, 5.41) is 6.54. The molecule has 4 rings (SSSR count). The van der Waals surface area contributed by atoms with Gasteiger partial charge in [0.15, 0.2) is 10.3 Å². The van der Waals surface area contributed by atoms with E-state index in [-0.39, 0.29) is 5.41 Å². The van der Waals surface area contributed by atoms with Crippen LogP contribution < -0.4 is 9.80 Å². The number of hydrogen-bond acceptors (Lipinski definition) is 8. The van der Waals surface area contributed by atoms with Crippen LogP contribution in [0.2, 0.25) is 0 Å². The van der Waals surface area contributed by atoms with Gasteiger partial charge in [-0.2, -0.15) is 0 Å². The third-order valence-corrected chi connectivity index (χ3v) is 6.63. The topological polar surface area (TPSA) is 50.7 Å². The Bertz CT molecular complexity index is 645. The van der Waals surface area contributed by atoms with Gasteiger partial charge < -0.3 is 19.3 Å². The molecule has 0 spiro atoms. The van der Waals surface area contributed by atoms with Gasteiger partial charge in [-0.15, -0.1) is 22.7 Å². The molecule has 0 aliphatic carbocycles. The molecule has 2 aromatic rings. The van der Waals surface area contributed by atoms with E-state index in [2.05, 4.69) is 34.4 Å². The number of aromatic nitrogens is 2. The van der Waals surface area contributed by atoms with Crippen LogP contribution in [-0.2, 0) is 14.9 Å². The predicted octanol–water partition coefficient (Wildman–Crippen LogP) is 2.60. The zero-order valence-electron chi connectivity index (χ0n) is 14.7. The number of thiazole rings is 2. The molecule has 136 valence electrons. The highest BCUT2D eigenvalue weighted by Crippen LogP contribution is 2.36. The van der Waals surface area contributed by atoms with Crippen LogP contribution >= 0.6 is 22.7 Å². The summed E-state index contributed by atoms with van der Waals surface area (Å²) in [6, 6.07) is 0. The number of anilines is 2. The van der Waals surface area contributed by atoms with Gasteiger partial charge in [0.1, 0.15) is 0 Å². The zero-order valence-corrected chi connectivity index (χ0v) is 16.4. The second-order valence-corrected chi connectivity index (χ2v) is 8.53. The second kappa shape index (κ2) is 7.19. The Kier molecular flexibility index (Phi) is 4.95. The van der Waals surface area contributed by atoms with E-state index in [0.29, 0.717) is 0 Å². The molecule has 0 amide bonds. The lowest BCUT2D eigenvalue weighted by atomic mass is 9.87. The number of rotatable bonds is 4. The van der Waals surface area contributed by atoms with E-state index in [1.54, 1.807) is 22.7 Å². The first-order chi connectivity index (χ1) is 12.1. The van der Waals surface area contributed by atoms with E-state index in [1.807, 2.05) is 0 Å². The first-order valence-electron chi connectivity index (χ1n) is 8.72. The predicted molar refractivity (Wildman–Crippen MR) is 102 cm³/mol. The van der Waals surface area contributed by atoms with Crippen LogP contribution in [0.1, 0.15) is 25.2 Å². The summed E-state index contributed by atoms with van der Waals surface area (Å²) in [6.07, 6.45) is 0. The molecule has 0 unspecified atom stereocenters. The van der Waals surface area contributed by atoms with Crippen molar-refractivity contribution >= 4 is 32.9 Å². The van der Waals surface area contributed by atoms with Crippen LogP contribution in [0.3, 0.4) is 0 Å². The molecule has 0 N–H and O–H groups in total. The standard InChI is InChI=1S/C17H24N4O2S2/c1-17(2,13-11-24-15(18-13)20-3-7-22-8-4-20)14-12-25-16(19-14)21-5-9-23-10-6-21/h11-12H,3-10H2,1-2H3. The Morgan fingerprint density at radius 3 is 1.60 bits per heavy atom. The molecule has 0 atom stereocenters. The van der Waals surface area contributed by atoms with Crippen LogP contribution in [0.15, 0.2) is 10.8 Å². The normalized spacial score (nSPS) is 19.4. The maximum atomic E-state index is 5.44. The first-order valence-corrected chi connectivity index (χ1v) is 10.5. The summed E-state index contributed by atoms with van der Waals surface area (Å²) >= 11 is 3.44. The summed E-state index contributed by atoms with van der Waals surface area (Å²) in [6.45, 7) is 11.3. The van der Waals surface area contributed by atoms with Gasteiger partial charge in [0.2, 0.25) is 0 Å². The minimum Gasteiger partial charge on any atom is -0.378 e. The molecule has 6 nitrogen and oxygen atoms in total. The monoisotopic (exact) mass is 380 g/mol. The van der Waals surface area contributed by atoms with E-state index in [1.165, 1.54) is 0 Å². The molecule has 4 heterocycles. The van der Waals surface area contributed by atoms with Crippen molar-refractivity contribution in [1.82, 2.24) is 9.97 Å². The third-order valence-electron chi connectivity index (χ3n) is 4.83. The molecule has 0 aromatic carbocycles. The van der Waals surface area contributed by atoms with E-state index in [9.17, 15) is 0 Å². The van der Waals surface area contributed by atoms with E-state index in [4.69, 9.17) is 19.4 Å². The number of morpholine rings is 2. The van der Waals surface area contributed by atoms with Crippen molar-refractivity contribution in [2.75, 3.05) is 62.4 Å². The van der Waals surface area contributed by atoms with Gasteiger partial charge in [0.05, 0.1) is 43.2 Å². The maximum absolute atomic E-state index is 5.44. The Morgan fingerprint density at radius 1 is 0.800 bits per heavy atom. The Balaban J connectivity index is 1.53. The molecule has 2 aliphatic heterocycles. The Hall–Kier alpha value is -1.22. The fourth-order valence-corrected chi connectivity index (χ4v) is 5.13. The van der Waals surface area contributed by atoms with E-state index >= 15 is 0 Å². The number of hydrogen-bond donors (Lipinski definition) is 0. The zero-order chi connectivity index (χ0) is 17.3. The van der Waals surface area contributed by atoms with E-state index in [0.717, 1.165) is 74.3 Å². The fraction of sp³-hybridized carbons (Fsp3) is 0.647. The molecular formula is C17H24N4O2S2. The highest BCUT2D eigenvalue weighted by atomic mass is 32.1. The largest absolute Gasteiger partial charge is 0.378 e. The lowest BCUT2D eigenvalue weighted by molar-refractivity contribution is 0.122. The van der Waals surface area contributed by atoms with Gasteiger partial charge in [-0.3, -0.25) is 0 Å².